The molecule has 140 valence electrons. The number of rotatable bonds is 5. The molecule has 28 heavy (non-hydrogen) atoms. The number of carboxylic acid groups (broad SMARTS) is 1. The van der Waals surface area contributed by atoms with Gasteiger partial charge in [0.05, 0.1) is 28.9 Å². The predicted molar refractivity (Wildman–Crippen MR) is 108 cm³/mol. The van der Waals surface area contributed by atoms with Crippen molar-refractivity contribution in [3.05, 3.63) is 65.2 Å². The lowest BCUT2D eigenvalue weighted by Gasteiger charge is -2.07. The molecule has 0 aliphatic heterocycles. The molecule has 0 saturated heterocycles. The fraction of sp³-hybridized carbons (Fsp3) is 0.0952. The smallest absolute Gasteiger partial charge is 0.336 e. The highest BCUT2D eigenvalue weighted by Crippen LogP contribution is 2.32. The molecule has 0 amide bonds. The van der Waals surface area contributed by atoms with Crippen molar-refractivity contribution in [3.8, 4) is 28.3 Å². The molecule has 0 radical (unpaired) electrons. The minimum absolute atomic E-state index is 0.132. The maximum atomic E-state index is 12.0. The van der Waals surface area contributed by atoms with Gasteiger partial charge in [-0.15, -0.1) is 0 Å². The molecule has 0 unspecified atom stereocenters. The van der Waals surface area contributed by atoms with E-state index in [0.717, 1.165) is 16.9 Å². The van der Waals surface area contributed by atoms with E-state index >= 15 is 0 Å². The second-order valence-corrected chi connectivity index (χ2v) is 6.56. The lowest BCUT2D eigenvalue weighted by atomic mass is 10.0. The molecule has 2 heterocycles. The zero-order chi connectivity index (χ0) is 19.7. The third-order valence-corrected chi connectivity index (χ3v) is 4.60. The zero-order valence-corrected chi connectivity index (χ0v) is 15.7. The minimum atomic E-state index is -1.05. The van der Waals surface area contributed by atoms with Crippen molar-refractivity contribution < 1.29 is 14.6 Å². The number of carbonyl (C=O) groups is 1. The molecule has 4 rings (SSSR count). The Bertz CT molecular complexity index is 1150. The number of pyridine rings is 1. The molecule has 0 fully saturated rings. The molecule has 0 aliphatic rings. The van der Waals surface area contributed by atoms with Gasteiger partial charge in [-0.05, 0) is 49.4 Å². The predicted octanol–water partition coefficient (Wildman–Crippen LogP) is 5.04. The van der Waals surface area contributed by atoms with E-state index in [-0.39, 0.29) is 5.56 Å². The summed E-state index contributed by atoms with van der Waals surface area (Å²) in [5, 5.41) is 18.0. The molecule has 0 saturated carbocycles. The van der Waals surface area contributed by atoms with Gasteiger partial charge in [0.2, 0.25) is 0 Å². The molecule has 0 bridgehead atoms. The van der Waals surface area contributed by atoms with E-state index in [0.29, 0.717) is 34.1 Å². The highest BCUT2D eigenvalue weighted by molar-refractivity contribution is 6.30. The van der Waals surface area contributed by atoms with E-state index in [1.165, 1.54) is 0 Å². The normalized spacial score (nSPS) is 10.9. The van der Waals surface area contributed by atoms with Crippen LogP contribution in [0.2, 0.25) is 5.02 Å². The fourth-order valence-corrected chi connectivity index (χ4v) is 3.18. The van der Waals surface area contributed by atoms with Gasteiger partial charge in [0.25, 0.3) is 0 Å². The molecule has 6 nitrogen and oxygen atoms in total. The van der Waals surface area contributed by atoms with Gasteiger partial charge >= 0.3 is 5.97 Å². The molecule has 4 aromatic rings. The van der Waals surface area contributed by atoms with E-state index in [1.54, 1.807) is 30.3 Å². The first-order valence-electron chi connectivity index (χ1n) is 8.68. The number of carboxylic acids is 1. The lowest BCUT2D eigenvalue weighted by Crippen LogP contribution is -2.00. The molecular weight excluding hydrogens is 378 g/mol. The number of aromatic nitrogens is 3. The maximum Gasteiger partial charge on any atom is 0.336 e. The second-order valence-electron chi connectivity index (χ2n) is 6.12. The van der Waals surface area contributed by atoms with Crippen LogP contribution >= 0.6 is 11.6 Å². The Morgan fingerprint density at radius 1 is 1.11 bits per heavy atom. The van der Waals surface area contributed by atoms with Crippen molar-refractivity contribution in [1.82, 2.24) is 15.2 Å². The lowest BCUT2D eigenvalue weighted by molar-refractivity contribution is 0.0699. The Morgan fingerprint density at radius 3 is 2.43 bits per heavy atom. The molecule has 0 spiro atoms. The van der Waals surface area contributed by atoms with E-state index in [4.69, 9.17) is 16.3 Å². The Hall–Kier alpha value is -3.38. The van der Waals surface area contributed by atoms with Crippen molar-refractivity contribution >= 4 is 28.6 Å². The van der Waals surface area contributed by atoms with Gasteiger partial charge in [-0.2, -0.15) is 5.10 Å². The summed E-state index contributed by atoms with van der Waals surface area (Å²) in [4.78, 5) is 16.5. The molecule has 2 aromatic carbocycles. The standard InChI is InChI=1S/C21H16ClN3O3/c1-2-28-15-9-5-13(6-10-15)19-18-16(21(26)27)11-17(23-20(18)25-24-19)12-3-7-14(22)8-4-12/h3-11H,2H2,1H3,(H,26,27)(H,23,24,25). The largest absolute Gasteiger partial charge is 0.494 e. The summed E-state index contributed by atoms with van der Waals surface area (Å²) in [6.07, 6.45) is 0. The van der Waals surface area contributed by atoms with Crippen molar-refractivity contribution in [2.45, 2.75) is 6.92 Å². The number of fused-ring (bicyclic) bond motifs is 1. The van der Waals surface area contributed by atoms with Crippen LogP contribution in [0.5, 0.6) is 5.75 Å². The summed E-state index contributed by atoms with van der Waals surface area (Å²) in [7, 11) is 0. The third-order valence-electron chi connectivity index (χ3n) is 4.35. The SMILES string of the molecule is CCOc1ccc(-c2[nH]nc3nc(-c4ccc(Cl)cc4)cc(C(=O)O)c23)cc1. The summed E-state index contributed by atoms with van der Waals surface area (Å²) < 4.78 is 5.46. The fourth-order valence-electron chi connectivity index (χ4n) is 3.05. The van der Waals surface area contributed by atoms with Crippen LogP contribution in [0, 0.1) is 0 Å². The van der Waals surface area contributed by atoms with Crippen LogP contribution in [-0.4, -0.2) is 32.9 Å². The number of benzene rings is 2. The van der Waals surface area contributed by atoms with Crippen LogP contribution in [0.15, 0.2) is 54.6 Å². The third kappa shape index (κ3) is 3.30. The van der Waals surface area contributed by atoms with Gasteiger partial charge in [-0.25, -0.2) is 9.78 Å². The Kier molecular flexibility index (Phi) is 4.71. The monoisotopic (exact) mass is 393 g/mol. The van der Waals surface area contributed by atoms with E-state index in [9.17, 15) is 9.90 Å². The van der Waals surface area contributed by atoms with Gasteiger partial charge in [0.1, 0.15) is 5.75 Å². The minimum Gasteiger partial charge on any atom is -0.494 e. The molecule has 2 aromatic heterocycles. The van der Waals surface area contributed by atoms with Crippen molar-refractivity contribution in [2.75, 3.05) is 6.61 Å². The van der Waals surface area contributed by atoms with Gasteiger partial charge in [-0.3, -0.25) is 5.10 Å². The van der Waals surface area contributed by atoms with E-state index in [1.807, 2.05) is 31.2 Å². The van der Waals surface area contributed by atoms with E-state index < -0.39 is 5.97 Å². The summed E-state index contributed by atoms with van der Waals surface area (Å²) in [5.41, 5.74) is 3.16. The van der Waals surface area contributed by atoms with Gasteiger partial charge in [0.15, 0.2) is 5.65 Å². The van der Waals surface area contributed by atoms with Crippen LogP contribution in [-0.2, 0) is 0 Å². The Balaban J connectivity index is 1.86. The topological polar surface area (TPSA) is 88.1 Å². The quantitative estimate of drug-likeness (QED) is 0.495. The summed E-state index contributed by atoms with van der Waals surface area (Å²) in [6, 6.07) is 16.0. The number of halogens is 1. The van der Waals surface area contributed by atoms with Crippen molar-refractivity contribution in [3.63, 3.8) is 0 Å². The second kappa shape index (κ2) is 7.32. The van der Waals surface area contributed by atoms with Crippen LogP contribution < -0.4 is 4.74 Å². The van der Waals surface area contributed by atoms with Crippen molar-refractivity contribution in [1.29, 1.82) is 0 Å². The highest BCUT2D eigenvalue weighted by atomic mass is 35.5. The Morgan fingerprint density at radius 2 is 1.79 bits per heavy atom. The highest BCUT2D eigenvalue weighted by Gasteiger charge is 2.19. The summed E-state index contributed by atoms with van der Waals surface area (Å²) >= 11 is 5.94. The number of nitrogens with zero attached hydrogens (tertiary/aromatic N) is 2. The molecular formula is C21H16ClN3O3. The zero-order valence-electron chi connectivity index (χ0n) is 14.9. The first kappa shape index (κ1) is 18.0. The molecule has 7 heteroatoms. The number of nitrogens with one attached hydrogen (secondary N) is 1. The number of H-pyrrole nitrogens is 1. The number of ether oxygens (including phenoxy) is 1. The first-order chi connectivity index (χ1) is 13.6. The number of aromatic amines is 1. The average molecular weight is 394 g/mol. The van der Waals surface area contributed by atoms with Gasteiger partial charge in [0, 0.05) is 16.1 Å². The summed E-state index contributed by atoms with van der Waals surface area (Å²) in [6.45, 7) is 2.49. The Labute approximate surface area is 165 Å². The van der Waals surface area contributed by atoms with Gasteiger partial charge in [-0.1, -0.05) is 23.7 Å². The van der Waals surface area contributed by atoms with E-state index in [2.05, 4.69) is 15.2 Å². The molecule has 0 aliphatic carbocycles. The van der Waals surface area contributed by atoms with Crippen LogP contribution in [0.4, 0.5) is 0 Å². The van der Waals surface area contributed by atoms with Crippen LogP contribution in [0.3, 0.4) is 0 Å². The number of aromatic carboxylic acids is 1. The van der Waals surface area contributed by atoms with Crippen LogP contribution in [0.25, 0.3) is 33.5 Å². The van der Waals surface area contributed by atoms with Gasteiger partial charge < -0.3 is 9.84 Å². The maximum absolute atomic E-state index is 12.0. The number of hydrogen-bond donors (Lipinski definition) is 2. The number of hydrogen-bond acceptors (Lipinski definition) is 4. The van der Waals surface area contributed by atoms with Crippen molar-refractivity contribution in [2.24, 2.45) is 0 Å². The first-order valence-corrected chi connectivity index (χ1v) is 9.06. The van der Waals surface area contributed by atoms with Crippen LogP contribution in [0.1, 0.15) is 17.3 Å². The average Bonchev–Trinajstić information content (AvgIpc) is 3.12. The molecule has 2 N–H and O–H groups in total. The summed E-state index contributed by atoms with van der Waals surface area (Å²) in [5.74, 6) is -0.298. The molecule has 0 atom stereocenters.